The summed E-state index contributed by atoms with van der Waals surface area (Å²) in [6, 6.07) is 2.82. The number of pyridine rings is 1. The molecular weight excluding hydrogens is 332 g/mol. The minimum atomic E-state index is -0.533. The van der Waals surface area contributed by atoms with Gasteiger partial charge >= 0.3 is 6.03 Å². The highest BCUT2D eigenvalue weighted by molar-refractivity contribution is 5.87. The zero-order chi connectivity index (χ0) is 18.9. The van der Waals surface area contributed by atoms with Gasteiger partial charge in [-0.3, -0.25) is 9.78 Å². The van der Waals surface area contributed by atoms with Gasteiger partial charge in [0, 0.05) is 38.6 Å². The van der Waals surface area contributed by atoms with Crippen molar-refractivity contribution < 1.29 is 14.7 Å². The molecule has 2 heterocycles. The highest BCUT2D eigenvalue weighted by Gasteiger charge is 2.29. The molecule has 0 radical (unpaired) electrons. The van der Waals surface area contributed by atoms with Crippen LogP contribution in [0.1, 0.15) is 38.7 Å². The van der Waals surface area contributed by atoms with E-state index in [0.717, 1.165) is 18.4 Å². The van der Waals surface area contributed by atoms with Crippen molar-refractivity contribution in [1.29, 1.82) is 0 Å². The molecule has 0 aliphatic carbocycles. The Hall–Kier alpha value is -2.15. The molecule has 0 spiro atoms. The molecule has 3 N–H and O–H groups in total. The number of nitrogens with one attached hydrogen (secondary N) is 2. The van der Waals surface area contributed by atoms with Gasteiger partial charge in [-0.1, -0.05) is 19.9 Å². The van der Waals surface area contributed by atoms with Gasteiger partial charge in [0.1, 0.15) is 6.04 Å². The number of urea groups is 1. The zero-order valence-corrected chi connectivity index (χ0v) is 15.6. The number of amides is 3. The van der Waals surface area contributed by atoms with Gasteiger partial charge in [0.25, 0.3) is 0 Å². The van der Waals surface area contributed by atoms with Gasteiger partial charge in [-0.2, -0.15) is 0 Å². The molecule has 0 bridgehead atoms. The molecule has 7 nitrogen and oxygen atoms in total. The lowest BCUT2D eigenvalue weighted by Gasteiger charge is -2.34. The topological polar surface area (TPSA) is 94.6 Å². The van der Waals surface area contributed by atoms with Crippen LogP contribution in [0.3, 0.4) is 0 Å². The van der Waals surface area contributed by atoms with E-state index in [0.29, 0.717) is 26.1 Å². The lowest BCUT2D eigenvalue weighted by molar-refractivity contribution is -0.135. The van der Waals surface area contributed by atoms with E-state index in [1.807, 2.05) is 26.0 Å². The maximum absolute atomic E-state index is 12.8. The van der Waals surface area contributed by atoms with E-state index < -0.39 is 6.04 Å². The first-order valence-corrected chi connectivity index (χ1v) is 9.32. The van der Waals surface area contributed by atoms with Gasteiger partial charge in [0.05, 0.1) is 0 Å². The third kappa shape index (κ3) is 6.29. The first-order valence-electron chi connectivity index (χ1n) is 9.32. The molecule has 0 saturated carbocycles. The number of hydrogen-bond acceptors (Lipinski definition) is 4. The Morgan fingerprint density at radius 1 is 1.35 bits per heavy atom. The summed E-state index contributed by atoms with van der Waals surface area (Å²) in [6.45, 7) is 5.88. The van der Waals surface area contributed by atoms with E-state index in [-0.39, 0.29) is 30.4 Å². The van der Waals surface area contributed by atoms with Gasteiger partial charge in [-0.25, -0.2) is 4.79 Å². The number of carbonyl (C=O) groups is 2. The lowest BCUT2D eigenvalue weighted by Crippen LogP contribution is -2.53. The standard InChI is InChI=1S/C19H30N4O3/c1-14(2)10-17(18(25)23-8-5-15(13-24)6-9-23)22-19(26)21-12-16-4-3-7-20-11-16/h3-4,7,11,14-15,17,24H,5-6,8-10,12-13H2,1-2H3,(H2,21,22,26). The van der Waals surface area contributed by atoms with Crippen LogP contribution >= 0.6 is 0 Å². The van der Waals surface area contributed by atoms with Gasteiger partial charge in [0.2, 0.25) is 5.91 Å². The van der Waals surface area contributed by atoms with Crippen LogP contribution in [0.5, 0.6) is 0 Å². The molecule has 7 heteroatoms. The quantitative estimate of drug-likeness (QED) is 0.685. The Balaban J connectivity index is 1.89. The van der Waals surface area contributed by atoms with Gasteiger partial charge in [-0.05, 0) is 42.7 Å². The SMILES string of the molecule is CC(C)CC(NC(=O)NCc1cccnc1)C(=O)N1CCC(CO)CC1. The van der Waals surface area contributed by atoms with Gasteiger partial charge in [0.15, 0.2) is 0 Å². The van der Waals surface area contributed by atoms with Crippen LogP contribution in [0.15, 0.2) is 24.5 Å². The van der Waals surface area contributed by atoms with Crippen LogP contribution in [-0.2, 0) is 11.3 Å². The Labute approximate surface area is 155 Å². The van der Waals surface area contributed by atoms with E-state index in [4.69, 9.17) is 0 Å². The molecule has 144 valence electrons. The molecule has 0 aromatic carbocycles. The predicted octanol–water partition coefficient (Wildman–Crippen LogP) is 1.53. The summed E-state index contributed by atoms with van der Waals surface area (Å²) in [5.41, 5.74) is 0.903. The average Bonchev–Trinajstić information content (AvgIpc) is 2.66. The fraction of sp³-hybridized carbons (Fsp3) is 0.632. The second-order valence-electron chi connectivity index (χ2n) is 7.32. The number of nitrogens with zero attached hydrogens (tertiary/aromatic N) is 2. The maximum Gasteiger partial charge on any atom is 0.315 e. The van der Waals surface area contributed by atoms with Crippen molar-refractivity contribution in [3.63, 3.8) is 0 Å². The van der Waals surface area contributed by atoms with Crippen LogP contribution in [-0.4, -0.2) is 52.7 Å². The molecule has 1 saturated heterocycles. The van der Waals surface area contributed by atoms with Crippen LogP contribution < -0.4 is 10.6 Å². The summed E-state index contributed by atoms with van der Waals surface area (Å²) in [4.78, 5) is 30.9. The largest absolute Gasteiger partial charge is 0.396 e. The average molecular weight is 362 g/mol. The van der Waals surface area contributed by atoms with Crippen molar-refractivity contribution in [3.05, 3.63) is 30.1 Å². The number of rotatable bonds is 7. The molecule has 26 heavy (non-hydrogen) atoms. The molecule has 1 unspecified atom stereocenters. The number of carbonyl (C=O) groups excluding carboxylic acids is 2. The molecule has 1 aliphatic rings. The molecule has 1 fully saturated rings. The third-order valence-electron chi connectivity index (χ3n) is 4.67. The minimum absolute atomic E-state index is 0.0355. The zero-order valence-electron chi connectivity index (χ0n) is 15.6. The molecular formula is C19H30N4O3. The Bertz CT molecular complexity index is 571. The fourth-order valence-electron chi connectivity index (χ4n) is 3.14. The highest BCUT2D eigenvalue weighted by atomic mass is 16.3. The van der Waals surface area contributed by atoms with Crippen LogP contribution in [0.2, 0.25) is 0 Å². The number of aromatic nitrogens is 1. The van der Waals surface area contributed by atoms with Crippen molar-refractivity contribution in [2.45, 2.75) is 45.7 Å². The summed E-state index contributed by atoms with van der Waals surface area (Å²) in [5.74, 6) is 0.530. The van der Waals surface area contributed by atoms with Crippen LogP contribution in [0.25, 0.3) is 0 Å². The number of hydrogen-bond donors (Lipinski definition) is 3. The predicted molar refractivity (Wildman–Crippen MR) is 99.2 cm³/mol. The van der Waals surface area contributed by atoms with E-state index in [1.165, 1.54) is 0 Å². The summed E-state index contributed by atoms with van der Waals surface area (Å²) < 4.78 is 0. The maximum atomic E-state index is 12.8. The summed E-state index contributed by atoms with van der Waals surface area (Å²) in [7, 11) is 0. The summed E-state index contributed by atoms with van der Waals surface area (Å²) in [5, 5.41) is 14.9. The Morgan fingerprint density at radius 2 is 2.08 bits per heavy atom. The molecule has 3 amide bonds. The molecule has 1 aromatic rings. The molecule has 1 aliphatic heterocycles. The second-order valence-corrected chi connectivity index (χ2v) is 7.32. The van der Waals surface area contributed by atoms with Crippen molar-refractivity contribution in [2.24, 2.45) is 11.8 Å². The van der Waals surface area contributed by atoms with Crippen molar-refractivity contribution in [2.75, 3.05) is 19.7 Å². The number of likely N-dealkylation sites (tertiary alicyclic amines) is 1. The Kier molecular flexibility index (Phi) is 7.84. The molecule has 2 rings (SSSR count). The minimum Gasteiger partial charge on any atom is -0.396 e. The monoisotopic (exact) mass is 362 g/mol. The Morgan fingerprint density at radius 3 is 2.65 bits per heavy atom. The third-order valence-corrected chi connectivity index (χ3v) is 4.67. The summed E-state index contributed by atoms with van der Waals surface area (Å²) in [6.07, 6.45) is 5.59. The van der Waals surface area contributed by atoms with Crippen molar-refractivity contribution in [3.8, 4) is 0 Å². The van der Waals surface area contributed by atoms with E-state index in [1.54, 1.807) is 17.3 Å². The fourth-order valence-corrected chi connectivity index (χ4v) is 3.14. The number of aliphatic hydroxyl groups is 1. The molecule has 1 atom stereocenters. The normalized spacial score (nSPS) is 16.4. The smallest absolute Gasteiger partial charge is 0.315 e. The number of aliphatic hydroxyl groups excluding tert-OH is 1. The first kappa shape index (κ1) is 20.2. The van der Waals surface area contributed by atoms with Crippen LogP contribution in [0.4, 0.5) is 4.79 Å². The van der Waals surface area contributed by atoms with Crippen LogP contribution in [0, 0.1) is 11.8 Å². The second kappa shape index (κ2) is 10.1. The van der Waals surface area contributed by atoms with Crippen molar-refractivity contribution in [1.82, 2.24) is 20.5 Å². The van der Waals surface area contributed by atoms with E-state index in [9.17, 15) is 14.7 Å². The molecule has 1 aromatic heterocycles. The van der Waals surface area contributed by atoms with Crippen molar-refractivity contribution >= 4 is 11.9 Å². The van der Waals surface area contributed by atoms with E-state index in [2.05, 4.69) is 15.6 Å². The van der Waals surface area contributed by atoms with Gasteiger partial charge < -0.3 is 20.6 Å². The van der Waals surface area contributed by atoms with Gasteiger partial charge in [-0.15, -0.1) is 0 Å². The summed E-state index contributed by atoms with van der Waals surface area (Å²) >= 11 is 0. The first-order chi connectivity index (χ1) is 12.5. The highest BCUT2D eigenvalue weighted by Crippen LogP contribution is 2.18. The lowest BCUT2D eigenvalue weighted by atomic mass is 9.96. The number of piperidine rings is 1. The van der Waals surface area contributed by atoms with E-state index >= 15 is 0 Å².